The van der Waals surface area contributed by atoms with E-state index in [9.17, 15) is 0 Å². The van der Waals surface area contributed by atoms with Gasteiger partial charge in [-0.05, 0) is 26.3 Å². The van der Waals surface area contributed by atoms with Crippen molar-refractivity contribution in [2.24, 2.45) is 0 Å². The summed E-state index contributed by atoms with van der Waals surface area (Å²) in [7, 11) is 0. The highest BCUT2D eigenvalue weighted by Crippen LogP contribution is 1.99. The summed E-state index contributed by atoms with van der Waals surface area (Å²) < 4.78 is 2.15. The van der Waals surface area contributed by atoms with Gasteiger partial charge in [-0.15, -0.1) is 0 Å². The topological polar surface area (TPSA) is 50.1 Å². The zero-order valence-corrected chi connectivity index (χ0v) is 10.2. The second-order valence-electron chi connectivity index (χ2n) is 3.94. The number of hydrogen-bond donors (Lipinski definition) is 2. The molecular weight excluding hydrogens is 202 g/mol. The Kier molecular flexibility index (Phi) is 6.85. The molecule has 16 heavy (non-hydrogen) atoms. The van der Waals surface area contributed by atoms with E-state index >= 15 is 0 Å². The quantitative estimate of drug-likeness (QED) is 0.627. The normalized spacial score (nSPS) is 10.9. The molecule has 0 aliphatic rings. The van der Waals surface area contributed by atoms with Crippen molar-refractivity contribution in [2.75, 3.05) is 13.2 Å². The lowest BCUT2D eigenvalue weighted by atomic mass is 10.2. The van der Waals surface area contributed by atoms with Crippen molar-refractivity contribution in [1.29, 1.82) is 0 Å². The molecule has 0 atom stereocenters. The Hall–Kier alpha value is -0.870. The van der Waals surface area contributed by atoms with Gasteiger partial charge >= 0.3 is 0 Å². The van der Waals surface area contributed by atoms with Crippen LogP contribution in [0.5, 0.6) is 0 Å². The lowest BCUT2D eigenvalue weighted by molar-refractivity contribution is 0.282. The number of rotatable bonds is 9. The molecule has 0 unspecified atom stereocenters. The van der Waals surface area contributed by atoms with Gasteiger partial charge in [0.15, 0.2) is 0 Å². The van der Waals surface area contributed by atoms with Crippen LogP contribution in [0.2, 0.25) is 0 Å². The Balaban J connectivity index is 2.03. The van der Waals surface area contributed by atoms with E-state index in [0.717, 1.165) is 38.3 Å². The second-order valence-corrected chi connectivity index (χ2v) is 3.94. The van der Waals surface area contributed by atoms with Crippen LogP contribution in [0.25, 0.3) is 0 Å². The number of aromatic nitrogens is 2. The number of hydrogen-bond acceptors (Lipinski definition) is 3. The zero-order valence-electron chi connectivity index (χ0n) is 10.2. The first-order chi connectivity index (χ1) is 7.88. The third kappa shape index (κ3) is 4.77. The number of imidazole rings is 1. The van der Waals surface area contributed by atoms with Crippen molar-refractivity contribution < 1.29 is 5.11 Å². The predicted molar refractivity (Wildman–Crippen MR) is 65.2 cm³/mol. The van der Waals surface area contributed by atoms with Gasteiger partial charge in [0.1, 0.15) is 5.82 Å². The fourth-order valence-electron chi connectivity index (χ4n) is 1.71. The molecule has 1 aromatic rings. The maximum absolute atomic E-state index is 8.62. The molecule has 0 radical (unpaired) electrons. The number of aliphatic hydroxyl groups is 1. The predicted octanol–water partition coefficient (Wildman–Crippen LogP) is 1.55. The first-order valence-electron chi connectivity index (χ1n) is 6.20. The number of aliphatic hydroxyl groups excluding tert-OH is 1. The van der Waals surface area contributed by atoms with Crippen LogP contribution in [0.3, 0.4) is 0 Å². The molecule has 4 nitrogen and oxygen atoms in total. The van der Waals surface area contributed by atoms with Crippen molar-refractivity contribution in [2.45, 2.75) is 45.7 Å². The Morgan fingerprint density at radius 2 is 2.12 bits per heavy atom. The minimum Gasteiger partial charge on any atom is -0.396 e. The van der Waals surface area contributed by atoms with E-state index < -0.39 is 0 Å². The molecule has 0 bridgehead atoms. The molecule has 4 heteroatoms. The van der Waals surface area contributed by atoms with Crippen LogP contribution in [0.4, 0.5) is 0 Å². The Labute approximate surface area is 97.7 Å². The summed E-state index contributed by atoms with van der Waals surface area (Å²) in [5.41, 5.74) is 0. The Morgan fingerprint density at radius 1 is 1.31 bits per heavy atom. The molecule has 1 heterocycles. The summed E-state index contributed by atoms with van der Waals surface area (Å²) >= 11 is 0. The van der Waals surface area contributed by atoms with Crippen molar-refractivity contribution in [1.82, 2.24) is 14.9 Å². The number of unbranched alkanes of at least 4 members (excludes halogenated alkanes) is 3. The molecule has 0 aliphatic carbocycles. The van der Waals surface area contributed by atoms with E-state index in [0.29, 0.717) is 6.61 Å². The summed E-state index contributed by atoms with van der Waals surface area (Å²) in [6, 6.07) is 0. The van der Waals surface area contributed by atoms with E-state index in [2.05, 4.69) is 21.8 Å². The molecule has 0 aromatic carbocycles. The summed E-state index contributed by atoms with van der Waals surface area (Å²) in [5, 5.41) is 12.0. The van der Waals surface area contributed by atoms with E-state index in [1.54, 1.807) is 0 Å². The van der Waals surface area contributed by atoms with Crippen LogP contribution < -0.4 is 5.32 Å². The minimum absolute atomic E-state index is 0.321. The maximum Gasteiger partial charge on any atom is 0.122 e. The average Bonchev–Trinajstić information content (AvgIpc) is 2.75. The van der Waals surface area contributed by atoms with Crippen molar-refractivity contribution in [3.05, 3.63) is 18.2 Å². The number of nitrogens with one attached hydrogen (secondary N) is 1. The first-order valence-corrected chi connectivity index (χ1v) is 6.20. The second kappa shape index (κ2) is 8.30. The van der Waals surface area contributed by atoms with Gasteiger partial charge < -0.3 is 15.0 Å². The molecule has 92 valence electrons. The van der Waals surface area contributed by atoms with Crippen LogP contribution in [0.15, 0.2) is 12.4 Å². The largest absolute Gasteiger partial charge is 0.396 e. The van der Waals surface area contributed by atoms with Gasteiger partial charge in [0.2, 0.25) is 0 Å². The van der Waals surface area contributed by atoms with Crippen LogP contribution in [0, 0.1) is 0 Å². The van der Waals surface area contributed by atoms with E-state index in [1.165, 1.54) is 12.8 Å². The molecule has 0 amide bonds. The fourth-order valence-corrected chi connectivity index (χ4v) is 1.71. The molecule has 2 N–H and O–H groups in total. The molecule has 1 rings (SSSR count). The molecule has 0 spiro atoms. The highest BCUT2D eigenvalue weighted by atomic mass is 16.2. The molecule has 0 fully saturated rings. The fraction of sp³-hybridized carbons (Fsp3) is 0.750. The van der Waals surface area contributed by atoms with Gasteiger partial charge in [0.05, 0.1) is 6.54 Å². The number of aryl methyl sites for hydroxylation is 1. The van der Waals surface area contributed by atoms with Gasteiger partial charge in [-0.3, -0.25) is 0 Å². The zero-order chi connectivity index (χ0) is 11.6. The van der Waals surface area contributed by atoms with E-state index in [-0.39, 0.29) is 0 Å². The van der Waals surface area contributed by atoms with Crippen LogP contribution in [-0.2, 0) is 13.1 Å². The lowest BCUT2D eigenvalue weighted by Gasteiger charge is -2.06. The monoisotopic (exact) mass is 225 g/mol. The van der Waals surface area contributed by atoms with Crippen molar-refractivity contribution >= 4 is 0 Å². The summed E-state index contributed by atoms with van der Waals surface area (Å²) in [4.78, 5) is 4.30. The highest BCUT2D eigenvalue weighted by molar-refractivity contribution is 4.91. The van der Waals surface area contributed by atoms with Gasteiger partial charge in [-0.25, -0.2) is 4.98 Å². The molecular formula is C12H23N3O. The Morgan fingerprint density at radius 3 is 2.88 bits per heavy atom. The van der Waals surface area contributed by atoms with Crippen LogP contribution >= 0.6 is 0 Å². The minimum atomic E-state index is 0.321. The molecule has 0 saturated carbocycles. The van der Waals surface area contributed by atoms with Gasteiger partial charge in [0, 0.05) is 25.5 Å². The van der Waals surface area contributed by atoms with Crippen molar-refractivity contribution in [3.63, 3.8) is 0 Å². The molecule has 1 aromatic heterocycles. The third-order valence-corrected chi connectivity index (χ3v) is 2.69. The lowest BCUT2D eigenvalue weighted by Crippen LogP contribution is -2.18. The van der Waals surface area contributed by atoms with Crippen molar-refractivity contribution in [3.8, 4) is 0 Å². The summed E-state index contributed by atoms with van der Waals surface area (Å²) in [6.07, 6.45) is 8.28. The van der Waals surface area contributed by atoms with E-state index in [4.69, 9.17) is 5.11 Å². The number of nitrogens with zero attached hydrogens (tertiary/aromatic N) is 2. The van der Waals surface area contributed by atoms with Gasteiger partial charge in [-0.2, -0.15) is 0 Å². The van der Waals surface area contributed by atoms with E-state index in [1.807, 2.05) is 12.4 Å². The molecule has 0 saturated heterocycles. The van der Waals surface area contributed by atoms with Gasteiger partial charge in [0.25, 0.3) is 0 Å². The maximum atomic E-state index is 8.62. The standard InChI is InChI=1S/C12H23N3O/c1-2-15-9-8-14-12(15)11-13-7-5-3-4-6-10-16/h8-9,13,16H,2-7,10-11H2,1H3. The van der Waals surface area contributed by atoms with Crippen LogP contribution in [-0.4, -0.2) is 27.8 Å². The SMILES string of the molecule is CCn1ccnc1CNCCCCCCO. The van der Waals surface area contributed by atoms with Crippen LogP contribution in [0.1, 0.15) is 38.4 Å². The van der Waals surface area contributed by atoms with Gasteiger partial charge in [-0.1, -0.05) is 12.8 Å². The first kappa shape index (κ1) is 13.2. The Bertz CT molecular complexity index is 273. The smallest absolute Gasteiger partial charge is 0.122 e. The highest BCUT2D eigenvalue weighted by Gasteiger charge is 1.99. The summed E-state index contributed by atoms with van der Waals surface area (Å²) in [5.74, 6) is 1.11. The average molecular weight is 225 g/mol. The summed E-state index contributed by atoms with van der Waals surface area (Å²) in [6.45, 7) is 5.30. The third-order valence-electron chi connectivity index (χ3n) is 2.69. The molecule has 0 aliphatic heterocycles.